The van der Waals surface area contributed by atoms with E-state index in [4.69, 9.17) is 15.9 Å². The molecule has 1 aromatic heterocycles. The van der Waals surface area contributed by atoms with E-state index in [9.17, 15) is 9.59 Å². The summed E-state index contributed by atoms with van der Waals surface area (Å²) in [5.41, 5.74) is 8.32. The van der Waals surface area contributed by atoms with Crippen molar-refractivity contribution in [3.8, 4) is 0 Å². The molecule has 8 heteroatoms. The predicted octanol–water partition coefficient (Wildman–Crippen LogP) is 4.41. The lowest BCUT2D eigenvalue weighted by Crippen LogP contribution is -2.28. The van der Waals surface area contributed by atoms with Crippen molar-refractivity contribution in [1.82, 2.24) is 9.88 Å². The Bertz CT molecular complexity index is 821. The van der Waals surface area contributed by atoms with Gasteiger partial charge >= 0.3 is 11.9 Å². The number of benzene rings is 1. The molecule has 0 bridgehead atoms. The molecule has 32 heavy (non-hydrogen) atoms. The highest BCUT2D eigenvalue weighted by Gasteiger charge is 2.06. The minimum absolute atomic E-state index is 0.558. The number of carboxylic acids is 2. The Hall–Kier alpha value is -2.71. The average molecular weight is 462 g/mol. The molecule has 7 nitrogen and oxygen atoms in total. The number of rotatable bonds is 13. The monoisotopic (exact) mass is 461 g/mol. The van der Waals surface area contributed by atoms with Crippen LogP contribution in [0.15, 0.2) is 42.5 Å². The number of aromatic nitrogens is 1. The molecule has 0 fully saturated rings. The van der Waals surface area contributed by atoms with E-state index < -0.39 is 11.9 Å². The van der Waals surface area contributed by atoms with Gasteiger partial charge in [0.25, 0.3) is 0 Å². The maximum Gasteiger partial charge on any atom is 0.328 e. The van der Waals surface area contributed by atoms with E-state index in [2.05, 4.69) is 54.1 Å². The molecule has 0 amide bonds. The molecule has 0 aliphatic rings. The van der Waals surface area contributed by atoms with Crippen LogP contribution in [0.1, 0.15) is 48.7 Å². The number of unbranched alkanes of at least 4 members (excludes halogenated alkanes) is 2. The highest BCUT2D eigenvalue weighted by Crippen LogP contribution is 2.21. The lowest BCUT2D eigenvalue weighted by Gasteiger charge is -2.21. The fourth-order valence-electron chi connectivity index (χ4n) is 3.21. The fourth-order valence-corrected chi connectivity index (χ4v) is 4.08. The number of anilines is 1. The molecular weight excluding hydrogens is 426 g/mol. The number of hydrogen-bond donors (Lipinski definition) is 3. The Morgan fingerprint density at radius 1 is 1.00 bits per heavy atom. The number of hydrogen-bond acceptors (Lipinski definition) is 6. The molecule has 1 heterocycles. The first-order valence-corrected chi connectivity index (χ1v) is 11.8. The molecule has 0 atom stereocenters. The highest BCUT2D eigenvalue weighted by molar-refractivity contribution is 7.15. The van der Waals surface area contributed by atoms with Crippen molar-refractivity contribution >= 4 is 28.4 Å². The second kappa shape index (κ2) is 16.0. The van der Waals surface area contributed by atoms with Gasteiger partial charge in [-0.15, -0.1) is 11.3 Å². The number of nitrogens with two attached hydrogens (primary N) is 1. The molecule has 0 saturated heterocycles. The Kier molecular flexibility index (Phi) is 13.7. The van der Waals surface area contributed by atoms with E-state index in [1.165, 1.54) is 55.8 Å². The molecule has 1 aromatic carbocycles. The van der Waals surface area contributed by atoms with Gasteiger partial charge in [0.1, 0.15) is 0 Å². The molecule has 4 N–H and O–H groups in total. The van der Waals surface area contributed by atoms with Crippen LogP contribution in [0.25, 0.3) is 0 Å². The SMILES string of the molecule is CCCN(CCCCCc1sc(N)nc1C)CCc1ccccc1.O=C(O)C=CC(=O)O. The van der Waals surface area contributed by atoms with E-state index in [0.717, 1.165) is 18.5 Å². The molecule has 0 radical (unpaired) electrons. The van der Waals surface area contributed by atoms with Crippen LogP contribution in [0.5, 0.6) is 0 Å². The summed E-state index contributed by atoms with van der Waals surface area (Å²) in [5.74, 6) is -2.51. The topological polar surface area (TPSA) is 117 Å². The summed E-state index contributed by atoms with van der Waals surface area (Å²) in [4.78, 5) is 27.4. The summed E-state index contributed by atoms with van der Waals surface area (Å²) in [6.07, 6.45) is 8.42. The summed E-state index contributed by atoms with van der Waals surface area (Å²) in [5, 5.41) is 16.3. The predicted molar refractivity (Wildman–Crippen MR) is 130 cm³/mol. The Morgan fingerprint density at radius 3 is 2.19 bits per heavy atom. The zero-order valence-electron chi connectivity index (χ0n) is 19.0. The summed E-state index contributed by atoms with van der Waals surface area (Å²) < 4.78 is 0. The Morgan fingerprint density at radius 2 is 1.66 bits per heavy atom. The van der Waals surface area contributed by atoms with Gasteiger partial charge in [0.05, 0.1) is 5.69 Å². The zero-order valence-corrected chi connectivity index (χ0v) is 19.8. The van der Waals surface area contributed by atoms with Crippen molar-refractivity contribution < 1.29 is 19.8 Å². The van der Waals surface area contributed by atoms with Crippen molar-refractivity contribution in [3.63, 3.8) is 0 Å². The summed E-state index contributed by atoms with van der Waals surface area (Å²) in [6.45, 7) is 7.92. The normalized spacial score (nSPS) is 10.8. The van der Waals surface area contributed by atoms with Gasteiger partial charge < -0.3 is 20.8 Å². The molecule has 0 aliphatic carbocycles. The summed E-state index contributed by atoms with van der Waals surface area (Å²) in [6, 6.07) is 10.8. The molecule has 0 aliphatic heterocycles. The van der Waals surface area contributed by atoms with E-state index in [1.54, 1.807) is 11.3 Å². The standard InChI is InChI=1S/C20H31N3S.C4H4O4/c1-3-14-23(16-13-18-10-6-4-7-11-18)15-9-5-8-12-19-17(2)22-20(21)24-19;5-3(6)1-2-4(7)8/h4,6-7,10-11H,3,5,8-9,12-16H2,1-2H3,(H2,21,22);1-2H,(H,5,6)(H,7,8). The smallest absolute Gasteiger partial charge is 0.328 e. The second-order valence-corrected chi connectivity index (χ2v) is 8.57. The molecule has 2 rings (SSSR count). The summed E-state index contributed by atoms with van der Waals surface area (Å²) in [7, 11) is 0. The molecular formula is C24H35N3O4S. The van der Waals surface area contributed by atoms with Crippen LogP contribution in [0.4, 0.5) is 5.13 Å². The van der Waals surface area contributed by atoms with Crippen LogP contribution in [0, 0.1) is 6.92 Å². The molecule has 0 spiro atoms. The third-order valence-corrected chi connectivity index (χ3v) is 5.80. The molecule has 0 saturated carbocycles. The van der Waals surface area contributed by atoms with Crippen molar-refractivity contribution in [3.05, 3.63) is 58.6 Å². The third kappa shape index (κ3) is 12.9. The largest absolute Gasteiger partial charge is 0.478 e. The number of nitrogens with zero attached hydrogens (tertiary/aromatic N) is 2. The number of aliphatic carboxylic acids is 2. The molecule has 2 aromatic rings. The second-order valence-electron chi connectivity index (χ2n) is 7.46. The highest BCUT2D eigenvalue weighted by atomic mass is 32.1. The lowest BCUT2D eigenvalue weighted by atomic mass is 10.1. The lowest BCUT2D eigenvalue weighted by molar-refractivity contribution is -0.134. The molecule has 176 valence electrons. The van der Waals surface area contributed by atoms with Crippen molar-refractivity contribution in [2.75, 3.05) is 25.4 Å². The average Bonchev–Trinajstić information content (AvgIpc) is 3.08. The van der Waals surface area contributed by atoms with E-state index in [-0.39, 0.29) is 0 Å². The first kappa shape index (κ1) is 27.3. The number of aryl methyl sites for hydroxylation is 2. The first-order valence-electron chi connectivity index (χ1n) is 10.9. The number of carbonyl (C=O) groups is 2. The minimum atomic E-state index is -1.26. The minimum Gasteiger partial charge on any atom is -0.478 e. The van der Waals surface area contributed by atoms with Crippen LogP contribution in [-0.2, 0) is 22.4 Å². The Labute approximate surface area is 194 Å². The van der Waals surface area contributed by atoms with Crippen molar-refractivity contribution in [1.29, 1.82) is 0 Å². The Balaban J connectivity index is 0.000000547. The van der Waals surface area contributed by atoms with Gasteiger partial charge in [-0.05, 0) is 57.7 Å². The molecule has 0 unspecified atom stereocenters. The van der Waals surface area contributed by atoms with E-state index in [0.29, 0.717) is 17.3 Å². The van der Waals surface area contributed by atoms with Crippen LogP contribution >= 0.6 is 11.3 Å². The van der Waals surface area contributed by atoms with Crippen molar-refractivity contribution in [2.45, 2.75) is 52.4 Å². The zero-order chi connectivity index (χ0) is 23.8. The van der Waals surface area contributed by atoms with Crippen LogP contribution in [-0.4, -0.2) is 51.7 Å². The quantitative estimate of drug-likeness (QED) is 0.299. The van der Waals surface area contributed by atoms with Gasteiger partial charge in [-0.25, -0.2) is 14.6 Å². The van der Waals surface area contributed by atoms with Gasteiger partial charge in [-0.2, -0.15) is 0 Å². The van der Waals surface area contributed by atoms with Gasteiger partial charge in [0.2, 0.25) is 0 Å². The number of carboxylic acid groups (broad SMARTS) is 2. The first-order chi connectivity index (χ1) is 15.3. The van der Waals surface area contributed by atoms with Gasteiger partial charge in [0.15, 0.2) is 5.13 Å². The third-order valence-electron chi connectivity index (χ3n) is 4.76. The van der Waals surface area contributed by atoms with Gasteiger partial charge in [0, 0.05) is 23.6 Å². The number of thiazole rings is 1. The fraction of sp³-hybridized carbons (Fsp3) is 0.458. The van der Waals surface area contributed by atoms with Crippen LogP contribution < -0.4 is 5.73 Å². The van der Waals surface area contributed by atoms with Crippen molar-refractivity contribution in [2.24, 2.45) is 0 Å². The maximum atomic E-state index is 9.55. The van der Waals surface area contributed by atoms with E-state index in [1.807, 2.05) is 0 Å². The van der Waals surface area contributed by atoms with Crippen LogP contribution in [0.2, 0.25) is 0 Å². The van der Waals surface area contributed by atoms with Crippen LogP contribution in [0.3, 0.4) is 0 Å². The van der Waals surface area contributed by atoms with E-state index >= 15 is 0 Å². The maximum absolute atomic E-state index is 9.55. The van der Waals surface area contributed by atoms with Gasteiger partial charge in [-0.3, -0.25) is 0 Å². The van der Waals surface area contributed by atoms with Gasteiger partial charge in [-0.1, -0.05) is 43.7 Å². The number of nitrogen functional groups attached to an aromatic ring is 1. The summed E-state index contributed by atoms with van der Waals surface area (Å²) >= 11 is 1.65.